The monoisotopic (exact) mass is 318 g/mol. The molecule has 0 bridgehead atoms. The molecule has 0 spiro atoms. The maximum absolute atomic E-state index is 12.4. The van der Waals surface area contributed by atoms with Crippen LogP contribution in [0.1, 0.15) is 37.6 Å². The van der Waals surface area contributed by atoms with Gasteiger partial charge in [0.25, 0.3) is 5.91 Å². The summed E-state index contributed by atoms with van der Waals surface area (Å²) in [5.74, 6) is -0.255. The summed E-state index contributed by atoms with van der Waals surface area (Å²) in [6.07, 6.45) is 0.808. The predicted octanol–water partition coefficient (Wildman–Crippen LogP) is 2.25. The van der Waals surface area contributed by atoms with E-state index in [-0.39, 0.29) is 27.4 Å². The molecule has 5 nitrogen and oxygen atoms in total. The van der Waals surface area contributed by atoms with E-state index in [1.54, 1.807) is 4.90 Å². The SMILES string of the molecule is CCC(C)N(CC)C(=O)c1cc(Cl)cc(S(N)(=O)=O)c1. The third-order valence-corrected chi connectivity index (χ3v) is 4.28. The Kier molecular flexibility index (Phi) is 5.56. The van der Waals surface area contributed by atoms with Gasteiger partial charge in [-0.1, -0.05) is 18.5 Å². The molecule has 112 valence electrons. The molecule has 1 unspecified atom stereocenters. The van der Waals surface area contributed by atoms with Crippen LogP contribution in [0.2, 0.25) is 5.02 Å². The number of primary sulfonamides is 1. The smallest absolute Gasteiger partial charge is 0.254 e. The molecule has 2 N–H and O–H groups in total. The Hall–Kier alpha value is -1.11. The van der Waals surface area contributed by atoms with Crippen LogP contribution in [0.25, 0.3) is 0 Å². The van der Waals surface area contributed by atoms with Gasteiger partial charge in [-0.3, -0.25) is 4.79 Å². The van der Waals surface area contributed by atoms with Crippen molar-refractivity contribution in [2.24, 2.45) is 5.14 Å². The van der Waals surface area contributed by atoms with E-state index >= 15 is 0 Å². The van der Waals surface area contributed by atoms with E-state index in [0.717, 1.165) is 6.42 Å². The van der Waals surface area contributed by atoms with E-state index in [0.29, 0.717) is 6.54 Å². The highest BCUT2D eigenvalue weighted by Crippen LogP contribution is 2.20. The second-order valence-electron chi connectivity index (χ2n) is 4.57. The lowest BCUT2D eigenvalue weighted by molar-refractivity contribution is 0.0699. The maximum atomic E-state index is 12.4. The lowest BCUT2D eigenvalue weighted by atomic mass is 10.1. The number of carbonyl (C=O) groups excluding carboxylic acids is 1. The summed E-state index contributed by atoms with van der Waals surface area (Å²) in [7, 11) is -3.89. The molecule has 0 heterocycles. The maximum Gasteiger partial charge on any atom is 0.254 e. The van der Waals surface area contributed by atoms with Crippen LogP contribution in [-0.4, -0.2) is 31.8 Å². The van der Waals surface area contributed by atoms with E-state index < -0.39 is 10.0 Å². The number of hydrogen-bond acceptors (Lipinski definition) is 3. The third kappa shape index (κ3) is 3.94. The Morgan fingerprint density at radius 2 is 1.95 bits per heavy atom. The van der Waals surface area contributed by atoms with Crippen LogP contribution in [0, 0.1) is 0 Å². The number of rotatable bonds is 5. The molecule has 1 amide bonds. The summed E-state index contributed by atoms with van der Waals surface area (Å²) in [5, 5.41) is 5.24. The molecule has 1 aromatic rings. The Morgan fingerprint density at radius 1 is 1.35 bits per heavy atom. The lowest BCUT2D eigenvalue weighted by Crippen LogP contribution is -2.38. The molecule has 0 radical (unpaired) electrons. The first-order valence-electron chi connectivity index (χ1n) is 6.35. The number of halogens is 1. The average Bonchev–Trinajstić information content (AvgIpc) is 2.37. The first kappa shape index (κ1) is 16.9. The molecule has 0 aliphatic rings. The predicted molar refractivity (Wildman–Crippen MR) is 79.3 cm³/mol. The fourth-order valence-corrected chi connectivity index (χ4v) is 2.77. The quantitative estimate of drug-likeness (QED) is 0.904. The minimum atomic E-state index is -3.89. The summed E-state index contributed by atoms with van der Waals surface area (Å²) < 4.78 is 22.8. The highest BCUT2D eigenvalue weighted by Gasteiger charge is 2.21. The summed E-state index contributed by atoms with van der Waals surface area (Å²) in [4.78, 5) is 13.9. The summed E-state index contributed by atoms with van der Waals surface area (Å²) in [5.41, 5.74) is 0.226. The van der Waals surface area contributed by atoms with Crippen molar-refractivity contribution in [2.45, 2.75) is 38.1 Å². The van der Waals surface area contributed by atoms with Crippen molar-refractivity contribution in [3.05, 3.63) is 28.8 Å². The molecule has 0 aliphatic carbocycles. The van der Waals surface area contributed by atoms with Crippen molar-refractivity contribution >= 4 is 27.5 Å². The third-order valence-electron chi connectivity index (χ3n) is 3.17. The molecule has 0 aromatic heterocycles. The van der Waals surface area contributed by atoms with Gasteiger partial charge in [0.15, 0.2) is 0 Å². The van der Waals surface area contributed by atoms with Crippen LogP contribution in [0.3, 0.4) is 0 Å². The van der Waals surface area contributed by atoms with Gasteiger partial charge < -0.3 is 4.90 Å². The number of carbonyl (C=O) groups is 1. The second-order valence-corrected chi connectivity index (χ2v) is 6.57. The Balaban J connectivity index is 3.26. The van der Waals surface area contributed by atoms with Gasteiger partial charge in [-0.15, -0.1) is 0 Å². The molecule has 1 rings (SSSR count). The van der Waals surface area contributed by atoms with Crippen LogP contribution in [-0.2, 0) is 10.0 Å². The van der Waals surface area contributed by atoms with E-state index in [4.69, 9.17) is 16.7 Å². The molecular weight excluding hydrogens is 300 g/mol. The standard InChI is InChI=1S/C13H19ClN2O3S/c1-4-9(3)16(5-2)13(17)10-6-11(14)8-12(7-10)20(15,18)19/h6-9H,4-5H2,1-3H3,(H2,15,18,19). The van der Waals surface area contributed by atoms with E-state index in [9.17, 15) is 13.2 Å². The van der Waals surface area contributed by atoms with Gasteiger partial charge in [-0.05, 0) is 38.5 Å². The molecule has 0 saturated carbocycles. The summed E-state index contributed by atoms with van der Waals surface area (Å²) in [6.45, 7) is 6.32. The van der Waals surface area contributed by atoms with E-state index in [1.165, 1.54) is 18.2 Å². The largest absolute Gasteiger partial charge is 0.336 e. The first-order chi connectivity index (χ1) is 9.20. The molecule has 0 aliphatic heterocycles. The summed E-state index contributed by atoms with van der Waals surface area (Å²) in [6, 6.07) is 4.00. The molecule has 20 heavy (non-hydrogen) atoms. The van der Waals surface area contributed by atoms with E-state index in [1.807, 2.05) is 20.8 Å². The van der Waals surface area contributed by atoms with Gasteiger partial charge in [-0.2, -0.15) is 0 Å². The van der Waals surface area contributed by atoms with Crippen molar-refractivity contribution in [3.8, 4) is 0 Å². The van der Waals surface area contributed by atoms with Gasteiger partial charge >= 0.3 is 0 Å². The number of nitrogens with zero attached hydrogens (tertiary/aromatic N) is 1. The van der Waals surface area contributed by atoms with Crippen molar-refractivity contribution in [3.63, 3.8) is 0 Å². The van der Waals surface area contributed by atoms with Crippen LogP contribution in [0.15, 0.2) is 23.1 Å². The fourth-order valence-electron chi connectivity index (χ4n) is 1.89. The minimum Gasteiger partial charge on any atom is -0.336 e. The summed E-state index contributed by atoms with van der Waals surface area (Å²) >= 11 is 5.87. The van der Waals surface area contributed by atoms with E-state index in [2.05, 4.69) is 0 Å². The van der Waals surface area contributed by atoms with Crippen LogP contribution < -0.4 is 5.14 Å². The highest BCUT2D eigenvalue weighted by molar-refractivity contribution is 7.89. The van der Waals surface area contributed by atoms with Gasteiger partial charge in [0.1, 0.15) is 0 Å². The fraction of sp³-hybridized carbons (Fsp3) is 0.462. The van der Waals surface area contributed by atoms with Crippen LogP contribution in [0.5, 0.6) is 0 Å². The van der Waals surface area contributed by atoms with Gasteiger partial charge in [-0.25, -0.2) is 13.6 Å². The average molecular weight is 319 g/mol. The van der Waals surface area contributed by atoms with Crippen molar-refractivity contribution < 1.29 is 13.2 Å². The number of hydrogen-bond donors (Lipinski definition) is 1. The topological polar surface area (TPSA) is 80.5 Å². The molecule has 7 heteroatoms. The van der Waals surface area contributed by atoms with Crippen molar-refractivity contribution in [2.75, 3.05) is 6.54 Å². The minimum absolute atomic E-state index is 0.0596. The normalized spacial score (nSPS) is 13.1. The molecular formula is C13H19ClN2O3S. The number of amides is 1. The number of nitrogens with two attached hydrogens (primary N) is 1. The van der Waals surface area contributed by atoms with Gasteiger partial charge in [0.2, 0.25) is 10.0 Å². The zero-order chi connectivity index (χ0) is 15.5. The van der Waals surface area contributed by atoms with Gasteiger partial charge in [0.05, 0.1) is 4.90 Å². The first-order valence-corrected chi connectivity index (χ1v) is 8.27. The zero-order valence-corrected chi connectivity index (χ0v) is 13.3. The van der Waals surface area contributed by atoms with Crippen LogP contribution in [0.4, 0.5) is 0 Å². The molecule has 0 saturated heterocycles. The Bertz CT molecular complexity index is 602. The second kappa shape index (κ2) is 6.56. The van der Waals surface area contributed by atoms with Gasteiger partial charge in [0, 0.05) is 23.2 Å². The Morgan fingerprint density at radius 3 is 2.40 bits per heavy atom. The number of sulfonamides is 1. The van der Waals surface area contributed by atoms with Crippen molar-refractivity contribution in [1.29, 1.82) is 0 Å². The number of benzene rings is 1. The molecule has 1 atom stereocenters. The van der Waals surface area contributed by atoms with Crippen LogP contribution >= 0.6 is 11.6 Å². The van der Waals surface area contributed by atoms with Crippen molar-refractivity contribution in [1.82, 2.24) is 4.90 Å². The Labute approximate surface area is 124 Å². The highest BCUT2D eigenvalue weighted by atomic mass is 35.5. The zero-order valence-electron chi connectivity index (χ0n) is 11.8. The molecule has 1 aromatic carbocycles. The lowest BCUT2D eigenvalue weighted by Gasteiger charge is -2.27. The molecule has 0 fully saturated rings.